The van der Waals surface area contributed by atoms with Gasteiger partial charge in [0.1, 0.15) is 6.26 Å². The lowest BCUT2D eigenvalue weighted by molar-refractivity contribution is 0.512. The van der Waals surface area contributed by atoms with Gasteiger partial charge in [-0.1, -0.05) is 12.8 Å². The van der Waals surface area contributed by atoms with Crippen LogP contribution >= 0.6 is 0 Å². The molecule has 0 saturated heterocycles. The molecule has 0 amide bonds. The van der Waals surface area contributed by atoms with Gasteiger partial charge in [-0.15, -0.1) is 0 Å². The van der Waals surface area contributed by atoms with Gasteiger partial charge in [0.15, 0.2) is 0 Å². The van der Waals surface area contributed by atoms with Crippen molar-refractivity contribution in [3.63, 3.8) is 0 Å². The molecule has 94 valence electrons. The third-order valence-corrected chi connectivity index (χ3v) is 3.86. The molecule has 1 N–H and O–H groups in total. The van der Waals surface area contributed by atoms with E-state index in [4.69, 9.17) is 4.42 Å². The SMILES string of the molecule is CN(c1nc(CNC2CC2)co1)C1CCCC1. The van der Waals surface area contributed by atoms with Crippen molar-refractivity contribution in [1.29, 1.82) is 0 Å². The van der Waals surface area contributed by atoms with Gasteiger partial charge >= 0.3 is 0 Å². The van der Waals surface area contributed by atoms with Crippen LogP contribution in [0.15, 0.2) is 10.7 Å². The summed E-state index contributed by atoms with van der Waals surface area (Å²) in [6.07, 6.45) is 9.64. The normalized spacial score (nSPS) is 21.0. The number of aromatic nitrogens is 1. The molecule has 1 heterocycles. The summed E-state index contributed by atoms with van der Waals surface area (Å²) in [4.78, 5) is 6.75. The first-order valence-corrected chi connectivity index (χ1v) is 6.73. The Kier molecular flexibility index (Phi) is 3.05. The standard InChI is InChI=1S/C13H21N3O/c1-16(12-4-2-3-5-12)13-15-11(9-17-13)8-14-10-6-7-10/h9-10,12,14H,2-8H2,1H3. The van der Waals surface area contributed by atoms with Gasteiger partial charge in [-0.3, -0.25) is 0 Å². The Bertz CT molecular complexity index is 366. The number of oxazole rings is 1. The molecule has 1 aromatic heterocycles. The molecule has 0 unspecified atom stereocenters. The van der Waals surface area contributed by atoms with Gasteiger partial charge < -0.3 is 14.6 Å². The summed E-state index contributed by atoms with van der Waals surface area (Å²) < 4.78 is 5.57. The second-order valence-corrected chi connectivity index (χ2v) is 5.33. The van der Waals surface area contributed by atoms with Crippen molar-refractivity contribution in [2.24, 2.45) is 0 Å². The summed E-state index contributed by atoms with van der Waals surface area (Å²) in [5.41, 5.74) is 1.02. The fraction of sp³-hybridized carbons (Fsp3) is 0.769. The number of hydrogen-bond acceptors (Lipinski definition) is 4. The Hall–Kier alpha value is -1.03. The first-order chi connectivity index (χ1) is 8.33. The Morgan fingerprint density at radius 3 is 2.82 bits per heavy atom. The van der Waals surface area contributed by atoms with E-state index < -0.39 is 0 Å². The highest BCUT2D eigenvalue weighted by atomic mass is 16.4. The molecule has 0 spiro atoms. The van der Waals surface area contributed by atoms with Crippen molar-refractivity contribution in [3.8, 4) is 0 Å². The summed E-state index contributed by atoms with van der Waals surface area (Å²) >= 11 is 0. The highest BCUT2D eigenvalue weighted by Crippen LogP contribution is 2.26. The minimum Gasteiger partial charge on any atom is -0.432 e. The van der Waals surface area contributed by atoms with Gasteiger partial charge in [-0.25, -0.2) is 0 Å². The zero-order chi connectivity index (χ0) is 11.7. The van der Waals surface area contributed by atoms with Crippen LogP contribution in [-0.2, 0) is 6.54 Å². The maximum Gasteiger partial charge on any atom is 0.297 e. The molecular formula is C13H21N3O. The molecule has 0 atom stereocenters. The predicted octanol–water partition coefficient (Wildman–Crippen LogP) is 2.31. The average Bonchev–Trinajstić information content (AvgIpc) is 2.86. The van der Waals surface area contributed by atoms with E-state index >= 15 is 0 Å². The lowest BCUT2D eigenvalue weighted by atomic mass is 10.2. The highest BCUT2D eigenvalue weighted by molar-refractivity contribution is 5.27. The van der Waals surface area contributed by atoms with E-state index in [0.29, 0.717) is 6.04 Å². The summed E-state index contributed by atoms with van der Waals surface area (Å²) in [6, 6.07) is 2.13. The lowest BCUT2D eigenvalue weighted by Crippen LogP contribution is -2.29. The number of rotatable bonds is 5. The summed E-state index contributed by atoms with van der Waals surface area (Å²) in [5, 5.41) is 3.45. The molecule has 2 fully saturated rings. The number of hydrogen-bond donors (Lipinski definition) is 1. The van der Waals surface area contributed by atoms with Gasteiger partial charge in [0, 0.05) is 25.7 Å². The van der Waals surface area contributed by atoms with E-state index in [2.05, 4.69) is 22.2 Å². The van der Waals surface area contributed by atoms with Crippen molar-refractivity contribution >= 4 is 6.01 Å². The van der Waals surface area contributed by atoms with E-state index in [1.54, 1.807) is 6.26 Å². The molecule has 4 heteroatoms. The largest absolute Gasteiger partial charge is 0.432 e. The summed E-state index contributed by atoms with van der Waals surface area (Å²) in [7, 11) is 2.10. The zero-order valence-electron chi connectivity index (χ0n) is 10.5. The van der Waals surface area contributed by atoms with E-state index in [9.17, 15) is 0 Å². The van der Waals surface area contributed by atoms with Crippen LogP contribution in [0.25, 0.3) is 0 Å². The third-order valence-electron chi connectivity index (χ3n) is 3.86. The fourth-order valence-electron chi connectivity index (χ4n) is 2.52. The maximum absolute atomic E-state index is 5.57. The molecule has 2 saturated carbocycles. The molecule has 2 aliphatic rings. The molecule has 17 heavy (non-hydrogen) atoms. The minimum absolute atomic E-state index is 0.623. The minimum atomic E-state index is 0.623. The van der Waals surface area contributed by atoms with Crippen LogP contribution in [0.2, 0.25) is 0 Å². The number of anilines is 1. The maximum atomic E-state index is 5.57. The van der Waals surface area contributed by atoms with Crippen LogP contribution in [0.4, 0.5) is 6.01 Å². The van der Waals surface area contributed by atoms with Gasteiger partial charge in [-0.2, -0.15) is 4.98 Å². The van der Waals surface area contributed by atoms with Gasteiger partial charge in [0.2, 0.25) is 0 Å². The van der Waals surface area contributed by atoms with Crippen LogP contribution in [0.1, 0.15) is 44.2 Å². The predicted molar refractivity (Wildman–Crippen MR) is 67.0 cm³/mol. The van der Waals surface area contributed by atoms with Gasteiger partial charge in [-0.05, 0) is 25.7 Å². The Labute approximate surface area is 102 Å². The van der Waals surface area contributed by atoms with E-state index in [-0.39, 0.29) is 0 Å². The molecule has 0 radical (unpaired) electrons. The van der Waals surface area contributed by atoms with Crippen molar-refractivity contribution in [3.05, 3.63) is 12.0 Å². The fourth-order valence-corrected chi connectivity index (χ4v) is 2.52. The summed E-state index contributed by atoms with van der Waals surface area (Å²) in [5.74, 6) is 0. The van der Waals surface area contributed by atoms with Crippen molar-refractivity contribution in [2.45, 2.75) is 57.2 Å². The monoisotopic (exact) mass is 235 g/mol. The van der Waals surface area contributed by atoms with E-state index in [0.717, 1.165) is 24.3 Å². The average molecular weight is 235 g/mol. The topological polar surface area (TPSA) is 41.3 Å². The molecule has 0 aromatic carbocycles. The van der Waals surface area contributed by atoms with E-state index in [1.165, 1.54) is 38.5 Å². The van der Waals surface area contributed by atoms with Gasteiger partial charge in [0.25, 0.3) is 6.01 Å². The zero-order valence-corrected chi connectivity index (χ0v) is 10.5. The molecule has 1 aromatic rings. The van der Waals surface area contributed by atoms with Crippen molar-refractivity contribution in [1.82, 2.24) is 10.3 Å². The van der Waals surface area contributed by atoms with Gasteiger partial charge in [0.05, 0.1) is 5.69 Å². The first-order valence-electron chi connectivity index (χ1n) is 6.73. The third kappa shape index (κ3) is 2.63. The smallest absolute Gasteiger partial charge is 0.297 e. The lowest BCUT2D eigenvalue weighted by Gasteiger charge is -2.21. The van der Waals surface area contributed by atoms with Crippen LogP contribution in [0.3, 0.4) is 0 Å². The quantitative estimate of drug-likeness (QED) is 0.850. The van der Waals surface area contributed by atoms with Crippen LogP contribution in [0, 0.1) is 0 Å². The van der Waals surface area contributed by atoms with Crippen molar-refractivity contribution < 1.29 is 4.42 Å². The highest BCUT2D eigenvalue weighted by Gasteiger charge is 2.24. The molecule has 0 aliphatic heterocycles. The molecule has 3 rings (SSSR count). The molecule has 4 nitrogen and oxygen atoms in total. The number of nitrogens with one attached hydrogen (secondary N) is 1. The van der Waals surface area contributed by atoms with Crippen molar-refractivity contribution in [2.75, 3.05) is 11.9 Å². The second-order valence-electron chi connectivity index (χ2n) is 5.33. The number of nitrogens with zero attached hydrogens (tertiary/aromatic N) is 2. The van der Waals surface area contributed by atoms with Crippen LogP contribution in [0.5, 0.6) is 0 Å². The summed E-state index contributed by atoms with van der Waals surface area (Å²) in [6.45, 7) is 0.840. The Morgan fingerprint density at radius 2 is 2.12 bits per heavy atom. The van der Waals surface area contributed by atoms with Crippen LogP contribution < -0.4 is 10.2 Å². The molecular weight excluding hydrogens is 214 g/mol. The molecule has 2 aliphatic carbocycles. The first kappa shape index (κ1) is 11.1. The molecule has 0 bridgehead atoms. The van der Waals surface area contributed by atoms with E-state index in [1.807, 2.05) is 0 Å². The van der Waals surface area contributed by atoms with Crippen LogP contribution in [-0.4, -0.2) is 24.1 Å². The Balaban J connectivity index is 1.57. The second kappa shape index (κ2) is 4.69. The Morgan fingerprint density at radius 1 is 1.35 bits per heavy atom.